The third kappa shape index (κ3) is 5.89. The Hall–Kier alpha value is -3.95. The van der Waals surface area contributed by atoms with Crippen LogP contribution in [0.1, 0.15) is 46.5 Å². The first-order chi connectivity index (χ1) is 16.0. The van der Waals surface area contributed by atoms with Crippen LogP contribution < -0.4 is 21.5 Å². The van der Waals surface area contributed by atoms with Crippen LogP contribution in [0.25, 0.3) is 16.6 Å². The minimum atomic E-state index is -0.739. The first-order valence-corrected chi connectivity index (χ1v) is 10.9. The van der Waals surface area contributed by atoms with Crippen LogP contribution in [-0.2, 0) is 4.74 Å². The van der Waals surface area contributed by atoms with E-state index in [9.17, 15) is 18.8 Å². The third-order valence-electron chi connectivity index (χ3n) is 4.68. The molecule has 3 amide bonds. The molecule has 3 aromatic rings. The van der Waals surface area contributed by atoms with E-state index in [1.54, 1.807) is 58.9 Å². The molecule has 0 unspecified atom stereocenters. The molecule has 10 heteroatoms. The number of fused-ring (bicyclic) bond motifs is 1. The van der Waals surface area contributed by atoms with Crippen molar-refractivity contribution in [1.29, 1.82) is 0 Å². The second kappa shape index (κ2) is 9.90. The van der Waals surface area contributed by atoms with Crippen molar-refractivity contribution in [3.05, 3.63) is 64.5 Å². The van der Waals surface area contributed by atoms with Crippen molar-refractivity contribution in [3.8, 4) is 5.69 Å². The first-order valence-electron chi connectivity index (χ1n) is 10.9. The summed E-state index contributed by atoms with van der Waals surface area (Å²) < 4.78 is 20.5. The molecule has 0 aliphatic carbocycles. The average molecular weight is 470 g/mol. The van der Waals surface area contributed by atoms with Gasteiger partial charge in [-0.1, -0.05) is 6.07 Å². The summed E-state index contributed by atoms with van der Waals surface area (Å²) >= 11 is 0. The molecule has 1 heterocycles. The molecule has 34 heavy (non-hydrogen) atoms. The van der Waals surface area contributed by atoms with Crippen molar-refractivity contribution < 1.29 is 18.7 Å². The van der Waals surface area contributed by atoms with E-state index in [0.29, 0.717) is 17.9 Å². The van der Waals surface area contributed by atoms with E-state index < -0.39 is 35.1 Å². The molecule has 0 aliphatic heterocycles. The van der Waals surface area contributed by atoms with Crippen molar-refractivity contribution in [1.82, 2.24) is 20.2 Å². The number of urea groups is 1. The number of hydrogen-bond donors (Lipinski definition) is 3. The zero-order valence-corrected chi connectivity index (χ0v) is 19.7. The highest BCUT2D eigenvalue weighted by atomic mass is 19.1. The maximum absolute atomic E-state index is 13.9. The van der Waals surface area contributed by atoms with Gasteiger partial charge < -0.3 is 20.7 Å². The maximum Gasteiger partial charge on any atom is 0.408 e. The summed E-state index contributed by atoms with van der Waals surface area (Å²) in [6.07, 6.45) is -0.674. The zero-order valence-electron chi connectivity index (χ0n) is 19.7. The number of rotatable bonds is 5. The monoisotopic (exact) mass is 469 g/mol. The summed E-state index contributed by atoms with van der Waals surface area (Å²) in [7, 11) is 0. The molecule has 0 aliphatic rings. The molecule has 0 saturated carbocycles. The van der Waals surface area contributed by atoms with Crippen LogP contribution in [0.2, 0.25) is 0 Å². The van der Waals surface area contributed by atoms with Crippen LogP contribution in [0.5, 0.6) is 0 Å². The van der Waals surface area contributed by atoms with Gasteiger partial charge in [0.15, 0.2) is 0 Å². The number of ether oxygens (including phenoxy) is 1. The quantitative estimate of drug-likeness (QED) is 0.517. The van der Waals surface area contributed by atoms with Gasteiger partial charge in [-0.15, -0.1) is 0 Å². The predicted octanol–water partition coefficient (Wildman–Crippen LogP) is 4.25. The van der Waals surface area contributed by atoms with Crippen LogP contribution in [0, 0.1) is 5.82 Å². The number of carbonyl (C=O) groups excluding carboxylic acids is 2. The van der Waals surface area contributed by atoms with Crippen molar-refractivity contribution in [2.45, 2.75) is 46.3 Å². The fourth-order valence-corrected chi connectivity index (χ4v) is 3.32. The number of benzene rings is 2. The average Bonchev–Trinajstić information content (AvgIpc) is 2.73. The Labute approximate surface area is 196 Å². The number of aromatic nitrogens is 2. The lowest BCUT2D eigenvalue weighted by Crippen LogP contribution is -2.37. The number of hydrogen-bond acceptors (Lipinski definition) is 5. The summed E-state index contributed by atoms with van der Waals surface area (Å²) in [5, 5.41) is 8.09. The van der Waals surface area contributed by atoms with Gasteiger partial charge in [-0.05, 0) is 71.0 Å². The number of alkyl carbamates (subject to hydrolysis) is 1. The maximum atomic E-state index is 13.9. The lowest BCUT2D eigenvalue weighted by atomic mass is 10.2. The fraction of sp³-hybridized carbons (Fsp3) is 0.333. The van der Waals surface area contributed by atoms with E-state index in [1.807, 2.05) is 0 Å². The normalized spacial score (nSPS) is 12.2. The molecule has 9 nitrogen and oxygen atoms in total. The summed E-state index contributed by atoms with van der Waals surface area (Å²) in [4.78, 5) is 42.3. The van der Waals surface area contributed by atoms with Crippen molar-refractivity contribution in [2.24, 2.45) is 0 Å². The number of halogens is 1. The zero-order chi connectivity index (χ0) is 25.0. The Kier molecular flexibility index (Phi) is 7.19. The molecule has 0 saturated heterocycles. The van der Waals surface area contributed by atoms with E-state index in [2.05, 4.69) is 20.9 Å². The highest BCUT2D eigenvalue weighted by molar-refractivity contribution is 5.89. The van der Waals surface area contributed by atoms with Gasteiger partial charge in [-0.3, -0.25) is 9.36 Å². The van der Waals surface area contributed by atoms with Gasteiger partial charge in [0.2, 0.25) is 0 Å². The molecular weight excluding hydrogens is 441 g/mol. The molecule has 3 rings (SSSR count). The SMILES string of the molecule is CCNC(=O)Nc1cccc(-n2c([C@H](C)NC(=O)OC(C)(C)C)nc3ccc(F)cc3c2=O)c1. The number of carbonyl (C=O) groups is 2. The smallest absolute Gasteiger partial charge is 0.408 e. The lowest BCUT2D eigenvalue weighted by Gasteiger charge is -2.23. The second-order valence-corrected chi connectivity index (χ2v) is 8.67. The number of nitrogens with zero attached hydrogens (tertiary/aromatic N) is 2. The fourth-order valence-electron chi connectivity index (χ4n) is 3.32. The lowest BCUT2D eigenvalue weighted by molar-refractivity contribution is 0.0505. The van der Waals surface area contributed by atoms with Gasteiger partial charge in [0.1, 0.15) is 17.2 Å². The summed E-state index contributed by atoms with van der Waals surface area (Å²) in [5.41, 5.74) is -0.129. The largest absolute Gasteiger partial charge is 0.444 e. The van der Waals surface area contributed by atoms with Gasteiger partial charge in [-0.2, -0.15) is 0 Å². The van der Waals surface area contributed by atoms with Crippen molar-refractivity contribution in [3.63, 3.8) is 0 Å². The molecule has 0 bridgehead atoms. The number of amides is 3. The third-order valence-corrected chi connectivity index (χ3v) is 4.68. The van der Waals surface area contributed by atoms with Gasteiger partial charge in [0.05, 0.1) is 22.6 Å². The van der Waals surface area contributed by atoms with Crippen molar-refractivity contribution in [2.75, 3.05) is 11.9 Å². The minimum Gasteiger partial charge on any atom is -0.444 e. The van der Waals surface area contributed by atoms with Crippen LogP contribution in [0.3, 0.4) is 0 Å². The molecular formula is C24H28FN5O4. The minimum absolute atomic E-state index is 0.0790. The highest BCUT2D eigenvalue weighted by Gasteiger charge is 2.23. The van der Waals surface area contributed by atoms with Crippen LogP contribution in [0.15, 0.2) is 47.3 Å². The van der Waals surface area contributed by atoms with Gasteiger partial charge >= 0.3 is 12.1 Å². The topological polar surface area (TPSA) is 114 Å². The van der Waals surface area contributed by atoms with Gasteiger partial charge in [0.25, 0.3) is 5.56 Å². The standard InChI is InChI=1S/C24H28FN5O4/c1-6-26-22(32)28-16-8-7-9-17(13-16)30-20(14(2)27-23(33)34-24(3,4)5)29-19-11-10-15(25)12-18(19)21(30)31/h7-14H,6H2,1-5H3,(H,27,33)(H2,26,28,32)/t14-/m0/s1. The molecule has 0 radical (unpaired) electrons. The van der Waals surface area contributed by atoms with E-state index in [4.69, 9.17) is 4.74 Å². The Morgan fingerprint density at radius 2 is 1.91 bits per heavy atom. The van der Waals surface area contributed by atoms with E-state index in [0.717, 1.165) is 6.07 Å². The first kappa shape index (κ1) is 24.7. The molecule has 2 aromatic carbocycles. The summed E-state index contributed by atoms with van der Waals surface area (Å²) in [5.74, 6) is -0.359. The predicted molar refractivity (Wildman–Crippen MR) is 128 cm³/mol. The summed E-state index contributed by atoms with van der Waals surface area (Å²) in [6, 6.07) is 9.18. The van der Waals surface area contributed by atoms with E-state index in [1.165, 1.54) is 16.7 Å². The number of nitrogens with one attached hydrogen (secondary N) is 3. The van der Waals surface area contributed by atoms with Gasteiger partial charge in [-0.25, -0.2) is 19.0 Å². The van der Waals surface area contributed by atoms with Crippen LogP contribution >= 0.6 is 0 Å². The Morgan fingerprint density at radius 3 is 2.59 bits per heavy atom. The Morgan fingerprint density at radius 1 is 1.18 bits per heavy atom. The van der Waals surface area contributed by atoms with Crippen molar-refractivity contribution >= 4 is 28.7 Å². The number of anilines is 1. The molecule has 1 atom stereocenters. The molecule has 3 N–H and O–H groups in total. The molecule has 1 aromatic heterocycles. The second-order valence-electron chi connectivity index (χ2n) is 8.67. The molecule has 0 fully saturated rings. The van der Waals surface area contributed by atoms with Gasteiger partial charge in [0, 0.05) is 12.2 Å². The Bertz CT molecular complexity index is 1280. The molecule has 0 spiro atoms. The van der Waals surface area contributed by atoms with Crippen LogP contribution in [-0.4, -0.2) is 33.8 Å². The molecule has 180 valence electrons. The van der Waals surface area contributed by atoms with Crippen LogP contribution in [0.4, 0.5) is 19.7 Å². The Balaban J connectivity index is 2.12. The summed E-state index contributed by atoms with van der Waals surface area (Å²) in [6.45, 7) is 9.12. The van der Waals surface area contributed by atoms with E-state index in [-0.39, 0.29) is 16.7 Å². The highest BCUT2D eigenvalue weighted by Crippen LogP contribution is 2.21. The van der Waals surface area contributed by atoms with E-state index >= 15 is 0 Å².